The first-order valence-electron chi connectivity index (χ1n) is 9.24. The molecule has 0 saturated carbocycles. The number of nitrogens with zero attached hydrogens (tertiary/aromatic N) is 2. The molecule has 1 saturated heterocycles. The molecule has 7 heteroatoms. The molecule has 1 aliphatic heterocycles. The van der Waals surface area contributed by atoms with Crippen molar-refractivity contribution in [1.82, 2.24) is 15.2 Å². The average molecular weight is 387 g/mol. The molecule has 2 N–H and O–H groups in total. The van der Waals surface area contributed by atoms with Crippen molar-refractivity contribution in [3.8, 4) is 0 Å². The summed E-state index contributed by atoms with van der Waals surface area (Å²) in [6, 6.07) is 10.1. The third-order valence-electron chi connectivity index (χ3n) is 4.98. The van der Waals surface area contributed by atoms with Gasteiger partial charge < -0.3 is 15.5 Å². The molecule has 144 valence electrons. The van der Waals surface area contributed by atoms with E-state index in [4.69, 9.17) is 0 Å². The monoisotopic (exact) mass is 386 g/mol. The number of likely N-dealkylation sites (tertiary alicyclic amines) is 1. The van der Waals surface area contributed by atoms with Gasteiger partial charge in [0.2, 0.25) is 5.91 Å². The number of benzene rings is 1. The molecular weight excluding hydrogens is 360 g/mol. The van der Waals surface area contributed by atoms with Crippen LogP contribution in [0.4, 0.5) is 9.93 Å². The lowest BCUT2D eigenvalue weighted by molar-refractivity contribution is -0.121. The van der Waals surface area contributed by atoms with Crippen molar-refractivity contribution < 1.29 is 9.59 Å². The topological polar surface area (TPSA) is 74.3 Å². The molecule has 1 aromatic heterocycles. The molecule has 0 spiro atoms. The Morgan fingerprint density at radius 1 is 1.30 bits per heavy atom. The van der Waals surface area contributed by atoms with Crippen LogP contribution < -0.4 is 10.6 Å². The van der Waals surface area contributed by atoms with Crippen molar-refractivity contribution in [3.63, 3.8) is 0 Å². The van der Waals surface area contributed by atoms with Gasteiger partial charge in [0.25, 0.3) is 0 Å². The van der Waals surface area contributed by atoms with Crippen molar-refractivity contribution in [2.24, 2.45) is 5.92 Å². The van der Waals surface area contributed by atoms with Gasteiger partial charge in [0.05, 0.1) is 5.92 Å². The number of rotatable bonds is 5. The van der Waals surface area contributed by atoms with E-state index in [0.717, 1.165) is 12.8 Å². The zero-order chi connectivity index (χ0) is 19.3. The molecule has 3 rings (SSSR count). The Labute approximate surface area is 164 Å². The van der Waals surface area contributed by atoms with Crippen LogP contribution in [-0.4, -0.2) is 41.5 Å². The summed E-state index contributed by atoms with van der Waals surface area (Å²) in [4.78, 5) is 30.9. The minimum Gasteiger partial charge on any atom is -0.337 e. The average Bonchev–Trinajstić information content (AvgIpc) is 3.20. The van der Waals surface area contributed by atoms with Crippen LogP contribution in [-0.2, 0) is 10.2 Å². The number of thiazole rings is 1. The number of nitrogens with one attached hydrogen (secondary N) is 2. The fourth-order valence-electron chi connectivity index (χ4n) is 3.27. The molecule has 0 radical (unpaired) electrons. The summed E-state index contributed by atoms with van der Waals surface area (Å²) in [6.07, 6.45) is 3.28. The maximum Gasteiger partial charge on any atom is 0.317 e. The van der Waals surface area contributed by atoms with E-state index in [1.54, 1.807) is 11.1 Å². The number of hydrogen-bond acceptors (Lipinski definition) is 4. The Morgan fingerprint density at radius 2 is 2.07 bits per heavy atom. The molecule has 0 bridgehead atoms. The zero-order valence-electron chi connectivity index (χ0n) is 15.8. The smallest absolute Gasteiger partial charge is 0.317 e. The van der Waals surface area contributed by atoms with E-state index in [9.17, 15) is 9.59 Å². The Bertz CT molecular complexity index is 762. The SMILES string of the molecule is CC(C)(CNC(=O)N1CCCC(C(=O)Nc2nccs2)C1)c1ccccc1. The van der Waals surface area contributed by atoms with Crippen LogP contribution in [0.3, 0.4) is 0 Å². The molecule has 0 aliphatic carbocycles. The van der Waals surface area contributed by atoms with Gasteiger partial charge in [0, 0.05) is 36.6 Å². The van der Waals surface area contributed by atoms with Crippen LogP contribution in [0.25, 0.3) is 0 Å². The number of anilines is 1. The largest absolute Gasteiger partial charge is 0.337 e. The Balaban J connectivity index is 1.53. The Morgan fingerprint density at radius 3 is 2.78 bits per heavy atom. The second kappa shape index (κ2) is 8.52. The van der Waals surface area contributed by atoms with Gasteiger partial charge in [-0.3, -0.25) is 4.79 Å². The second-order valence-electron chi connectivity index (χ2n) is 7.52. The molecule has 1 aromatic carbocycles. The molecule has 1 atom stereocenters. The van der Waals surface area contributed by atoms with Gasteiger partial charge in [-0.05, 0) is 18.4 Å². The highest BCUT2D eigenvalue weighted by molar-refractivity contribution is 7.13. The van der Waals surface area contributed by atoms with Gasteiger partial charge in [-0.1, -0.05) is 44.2 Å². The first-order chi connectivity index (χ1) is 13.0. The third kappa shape index (κ3) is 5.07. The highest BCUT2D eigenvalue weighted by atomic mass is 32.1. The zero-order valence-corrected chi connectivity index (χ0v) is 16.6. The summed E-state index contributed by atoms with van der Waals surface area (Å²) < 4.78 is 0. The standard InChI is InChI=1S/C20H26N4O2S/c1-20(2,16-8-4-3-5-9-16)14-22-19(26)24-11-6-7-15(13-24)17(25)23-18-21-10-12-27-18/h3-5,8-10,12,15H,6-7,11,13-14H2,1-2H3,(H,22,26)(H,21,23,25). The summed E-state index contributed by atoms with van der Waals surface area (Å²) in [7, 11) is 0. The summed E-state index contributed by atoms with van der Waals surface area (Å²) in [6.45, 7) is 5.89. The fraction of sp³-hybridized carbons (Fsp3) is 0.450. The van der Waals surface area contributed by atoms with E-state index >= 15 is 0 Å². The predicted molar refractivity (Wildman–Crippen MR) is 108 cm³/mol. The molecular formula is C20H26N4O2S. The number of piperidine rings is 1. The first-order valence-corrected chi connectivity index (χ1v) is 10.1. The first kappa shape index (κ1) is 19.4. The molecule has 3 amide bonds. The van der Waals surface area contributed by atoms with Crippen LogP contribution in [0.5, 0.6) is 0 Å². The summed E-state index contributed by atoms with van der Waals surface area (Å²) in [5, 5.41) is 8.31. The number of amides is 3. The number of hydrogen-bond donors (Lipinski definition) is 2. The van der Waals surface area contributed by atoms with Crippen molar-refractivity contribution in [2.45, 2.75) is 32.1 Å². The lowest BCUT2D eigenvalue weighted by Crippen LogP contribution is -2.50. The lowest BCUT2D eigenvalue weighted by atomic mass is 9.85. The quantitative estimate of drug-likeness (QED) is 0.826. The number of aromatic nitrogens is 1. The molecule has 2 heterocycles. The number of carbonyl (C=O) groups is 2. The Kier molecular flexibility index (Phi) is 6.11. The van der Waals surface area contributed by atoms with E-state index < -0.39 is 0 Å². The number of carbonyl (C=O) groups excluding carboxylic acids is 2. The molecule has 1 unspecified atom stereocenters. The lowest BCUT2D eigenvalue weighted by Gasteiger charge is -2.33. The summed E-state index contributed by atoms with van der Waals surface area (Å²) >= 11 is 1.40. The van der Waals surface area contributed by atoms with Gasteiger partial charge in [0.15, 0.2) is 5.13 Å². The van der Waals surface area contributed by atoms with E-state index in [2.05, 4.69) is 41.6 Å². The van der Waals surface area contributed by atoms with E-state index in [1.165, 1.54) is 16.9 Å². The van der Waals surface area contributed by atoms with Crippen LogP contribution in [0, 0.1) is 5.92 Å². The third-order valence-corrected chi connectivity index (χ3v) is 5.67. The van der Waals surface area contributed by atoms with E-state index in [0.29, 0.717) is 24.8 Å². The number of urea groups is 1. The maximum absolute atomic E-state index is 12.6. The van der Waals surface area contributed by atoms with Crippen molar-refractivity contribution in [2.75, 3.05) is 25.0 Å². The van der Waals surface area contributed by atoms with E-state index in [-0.39, 0.29) is 23.3 Å². The van der Waals surface area contributed by atoms with Crippen LogP contribution in [0.15, 0.2) is 41.9 Å². The molecule has 6 nitrogen and oxygen atoms in total. The predicted octanol–water partition coefficient (Wildman–Crippen LogP) is 3.48. The minimum atomic E-state index is -0.199. The van der Waals surface area contributed by atoms with Gasteiger partial charge in [-0.25, -0.2) is 9.78 Å². The summed E-state index contributed by atoms with van der Waals surface area (Å²) in [5.74, 6) is -0.261. The van der Waals surface area contributed by atoms with Crippen molar-refractivity contribution in [1.29, 1.82) is 0 Å². The molecule has 1 aliphatic rings. The van der Waals surface area contributed by atoms with Gasteiger partial charge in [-0.2, -0.15) is 0 Å². The van der Waals surface area contributed by atoms with Gasteiger partial charge >= 0.3 is 6.03 Å². The van der Waals surface area contributed by atoms with Crippen LogP contribution in [0.1, 0.15) is 32.3 Å². The molecule has 1 fully saturated rings. The highest BCUT2D eigenvalue weighted by Crippen LogP contribution is 2.23. The van der Waals surface area contributed by atoms with Crippen LogP contribution >= 0.6 is 11.3 Å². The van der Waals surface area contributed by atoms with Gasteiger partial charge in [0.1, 0.15) is 0 Å². The molecule has 2 aromatic rings. The highest BCUT2D eigenvalue weighted by Gasteiger charge is 2.30. The van der Waals surface area contributed by atoms with Gasteiger partial charge in [-0.15, -0.1) is 11.3 Å². The van der Waals surface area contributed by atoms with Crippen molar-refractivity contribution in [3.05, 3.63) is 47.5 Å². The maximum atomic E-state index is 12.6. The normalized spacial score (nSPS) is 17.4. The van der Waals surface area contributed by atoms with Crippen molar-refractivity contribution >= 4 is 28.4 Å². The summed E-state index contributed by atoms with van der Waals surface area (Å²) in [5.41, 5.74) is 1.03. The van der Waals surface area contributed by atoms with E-state index in [1.807, 2.05) is 23.6 Å². The Hall–Kier alpha value is -2.41. The fourth-order valence-corrected chi connectivity index (χ4v) is 3.80. The molecule has 27 heavy (non-hydrogen) atoms. The second-order valence-corrected chi connectivity index (χ2v) is 8.41. The minimum absolute atomic E-state index is 0.0629. The van der Waals surface area contributed by atoms with Crippen LogP contribution in [0.2, 0.25) is 0 Å².